The van der Waals surface area contributed by atoms with E-state index in [2.05, 4.69) is 18.7 Å². The third-order valence-corrected chi connectivity index (χ3v) is 4.12. The van der Waals surface area contributed by atoms with Crippen LogP contribution in [0.4, 0.5) is 0 Å². The second kappa shape index (κ2) is 8.86. The second-order valence-corrected chi connectivity index (χ2v) is 6.24. The fraction of sp³-hybridized carbons (Fsp3) is 0.125. The van der Waals surface area contributed by atoms with Crippen molar-refractivity contribution in [1.82, 2.24) is 0 Å². The Bertz CT molecular complexity index is 884. The van der Waals surface area contributed by atoms with Gasteiger partial charge in [0.2, 0.25) is 6.29 Å². The molecule has 1 unspecified atom stereocenters. The van der Waals surface area contributed by atoms with Crippen molar-refractivity contribution in [1.29, 1.82) is 0 Å². The Morgan fingerprint density at radius 2 is 1.41 bits per heavy atom. The molecule has 0 aromatic heterocycles. The molecule has 3 nitrogen and oxygen atoms in total. The summed E-state index contributed by atoms with van der Waals surface area (Å²) in [5.74, 6) is 0.155. The largest absolute Gasteiger partial charge is 0.455 e. The summed E-state index contributed by atoms with van der Waals surface area (Å²) in [7, 11) is 0. The van der Waals surface area contributed by atoms with E-state index in [0.717, 1.165) is 12.0 Å². The smallest absolute Gasteiger partial charge is 0.341 e. The summed E-state index contributed by atoms with van der Waals surface area (Å²) in [5, 5.41) is 0. The minimum atomic E-state index is -0.700. The van der Waals surface area contributed by atoms with Gasteiger partial charge in [0.05, 0.1) is 5.57 Å². The van der Waals surface area contributed by atoms with Gasteiger partial charge in [0.1, 0.15) is 5.75 Å². The van der Waals surface area contributed by atoms with Crippen LogP contribution in [-0.2, 0) is 16.0 Å². The lowest BCUT2D eigenvalue weighted by atomic mass is 10.0. The van der Waals surface area contributed by atoms with Gasteiger partial charge in [-0.05, 0) is 35.2 Å². The van der Waals surface area contributed by atoms with Crippen molar-refractivity contribution in [2.45, 2.75) is 19.6 Å². The van der Waals surface area contributed by atoms with Crippen LogP contribution in [0.2, 0.25) is 0 Å². The van der Waals surface area contributed by atoms with Crippen LogP contribution in [0.15, 0.2) is 91.5 Å². The molecule has 0 radical (unpaired) electrons. The van der Waals surface area contributed by atoms with Gasteiger partial charge in [-0.2, -0.15) is 0 Å². The zero-order valence-corrected chi connectivity index (χ0v) is 15.3. The van der Waals surface area contributed by atoms with E-state index in [9.17, 15) is 4.79 Å². The number of esters is 1. The van der Waals surface area contributed by atoms with Crippen molar-refractivity contribution >= 4 is 11.5 Å². The summed E-state index contributed by atoms with van der Waals surface area (Å²) < 4.78 is 10.9. The van der Waals surface area contributed by atoms with Crippen molar-refractivity contribution in [2.75, 3.05) is 0 Å². The molecule has 0 spiro atoms. The Labute approximate surface area is 159 Å². The molecule has 0 heterocycles. The molecule has 0 fully saturated rings. The maximum Gasteiger partial charge on any atom is 0.341 e. The Hall–Kier alpha value is -3.33. The van der Waals surface area contributed by atoms with Crippen LogP contribution in [0.5, 0.6) is 5.75 Å². The highest BCUT2D eigenvalue weighted by Crippen LogP contribution is 2.19. The van der Waals surface area contributed by atoms with Crippen molar-refractivity contribution in [3.63, 3.8) is 0 Å². The summed E-state index contributed by atoms with van der Waals surface area (Å²) >= 11 is 0. The number of carbonyl (C=O) groups excluding carboxylic acids is 1. The van der Waals surface area contributed by atoms with Crippen molar-refractivity contribution in [3.05, 3.63) is 108 Å². The molecular weight excluding hydrogens is 336 g/mol. The Kier molecular flexibility index (Phi) is 6.06. The fourth-order valence-corrected chi connectivity index (χ4v) is 2.71. The van der Waals surface area contributed by atoms with Gasteiger partial charge in [0.25, 0.3) is 0 Å². The number of para-hydroxylation sites is 1. The van der Waals surface area contributed by atoms with E-state index in [1.807, 2.05) is 72.8 Å². The van der Waals surface area contributed by atoms with Crippen molar-refractivity contribution in [3.8, 4) is 5.75 Å². The topological polar surface area (TPSA) is 35.5 Å². The minimum Gasteiger partial charge on any atom is -0.455 e. The van der Waals surface area contributed by atoms with Gasteiger partial charge in [-0.15, -0.1) is 0 Å². The lowest BCUT2D eigenvalue weighted by Gasteiger charge is -2.16. The maximum absolute atomic E-state index is 12.3. The Morgan fingerprint density at radius 1 is 0.852 bits per heavy atom. The molecule has 0 aliphatic heterocycles. The van der Waals surface area contributed by atoms with Gasteiger partial charge in [-0.1, -0.05) is 79.4 Å². The summed E-state index contributed by atoms with van der Waals surface area (Å²) in [6.07, 6.45) is 0.147. The molecule has 0 aliphatic carbocycles. The molecule has 3 aromatic rings. The molecular formula is C24H22O3. The molecule has 0 aliphatic rings. The maximum atomic E-state index is 12.3. The van der Waals surface area contributed by atoms with E-state index in [4.69, 9.17) is 9.47 Å². The third-order valence-electron chi connectivity index (χ3n) is 4.12. The van der Waals surface area contributed by atoms with Gasteiger partial charge >= 0.3 is 5.97 Å². The van der Waals surface area contributed by atoms with Crippen LogP contribution in [-0.4, -0.2) is 12.3 Å². The first-order chi connectivity index (χ1) is 13.1. The molecule has 0 N–H and O–H groups in total. The first kappa shape index (κ1) is 18.5. The average Bonchev–Trinajstić information content (AvgIpc) is 2.69. The van der Waals surface area contributed by atoms with E-state index in [1.165, 1.54) is 11.1 Å². The molecule has 0 bridgehead atoms. The number of hydrogen-bond donors (Lipinski definition) is 0. The van der Waals surface area contributed by atoms with E-state index in [-0.39, 0.29) is 0 Å². The van der Waals surface area contributed by atoms with Crippen molar-refractivity contribution in [2.24, 2.45) is 0 Å². The number of ether oxygens (including phenoxy) is 2. The van der Waals surface area contributed by atoms with E-state index in [1.54, 1.807) is 6.92 Å². The SMILES string of the molecule is C=C(C(=O)OC(C)Oc1ccccc1)c1ccc(Cc2ccccc2)cc1. The van der Waals surface area contributed by atoms with Gasteiger partial charge in [-0.25, -0.2) is 4.79 Å². The number of benzene rings is 3. The highest BCUT2D eigenvalue weighted by Gasteiger charge is 2.15. The highest BCUT2D eigenvalue weighted by molar-refractivity contribution is 6.15. The summed E-state index contributed by atoms with van der Waals surface area (Å²) in [5.41, 5.74) is 3.47. The molecule has 3 rings (SSSR count). The standard InChI is InChI=1S/C24H22O3/c1-18(24(25)27-19(2)26-23-11-7-4-8-12-23)22-15-13-21(14-16-22)17-20-9-5-3-6-10-20/h3-16,19H,1,17H2,2H3. The van der Waals surface area contributed by atoms with Crippen LogP contribution in [0.1, 0.15) is 23.6 Å². The van der Waals surface area contributed by atoms with Gasteiger partial charge < -0.3 is 9.47 Å². The van der Waals surface area contributed by atoms with Crippen LogP contribution >= 0.6 is 0 Å². The molecule has 3 heteroatoms. The van der Waals surface area contributed by atoms with E-state index < -0.39 is 12.3 Å². The van der Waals surface area contributed by atoms with Crippen molar-refractivity contribution < 1.29 is 14.3 Å². The normalized spacial score (nSPS) is 11.4. The third kappa shape index (κ3) is 5.32. The molecule has 136 valence electrons. The second-order valence-electron chi connectivity index (χ2n) is 6.24. The monoisotopic (exact) mass is 358 g/mol. The quantitative estimate of drug-likeness (QED) is 0.328. The minimum absolute atomic E-state index is 0.310. The summed E-state index contributed by atoms with van der Waals surface area (Å²) in [6, 6.07) is 27.3. The predicted molar refractivity (Wildman–Crippen MR) is 107 cm³/mol. The zero-order chi connectivity index (χ0) is 19.1. The van der Waals surface area contributed by atoms with Gasteiger partial charge in [0, 0.05) is 6.92 Å². The van der Waals surface area contributed by atoms with Crippen LogP contribution in [0.25, 0.3) is 5.57 Å². The van der Waals surface area contributed by atoms with Crippen LogP contribution in [0, 0.1) is 0 Å². The molecule has 0 amide bonds. The highest BCUT2D eigenvalue weighted by atomic mass is 16.7. The molecule has 3 aromatic carbocycles. The number of hydrogen-bond acceptors (Lipinski definition) is 3. The van der Waals surface area contributed by atoms with Crippen LogP contribution in [0.3, 0.4) is 0 Å². The summed E-state index contributed by atoms with van der Waals surface area (Å²) in [6.45, 7) is 5.55. The van der Waals surface area contributed by atoms with E-state index >= 15 is 0 Å². The lowest BCUT2D eigenvalue weighted by Crippen LogP contribution is -2.21. The average molecular weight is 358 g/mol. The molecule has 27 heavy (non-hydrogen) atoms. The van der Waals surface area contributed by atoms with Crippen LogP contribution < -0.4 is 4.74 Å². The lowest BCUT2D eigenvalue weighted by molar-refractivity contribution is -0.153. The molecule has 1 atom stereocenters. The van der Waals surface area contributed by atoms with Gasteiger partial charge in [-0.3, -0.25) is 0 Å². The molecule has 0 saturated heterocycles. The molecule has 0 saturated carbocycles. The Morgan fingerprint density at radius 3 is 2.04 bits per heavy atom. The first-order valence-corrected chi connectivity index (χ1v) is 8.86. The van der Waals surface area contributed by atoms with E-state index in [0.29, 0.717) is 11.3 Å². The predicted octanol–water partition coefficient (Wildman–Crippen LogP) is 5.26. The van der Waals surface area contributed by atoms with Gasteiger partial charge in [0.15, 0.2) is 0 Å². The fourth-order valence-electron chi connectivity index (χ4n) is 2.71. The number of rotatable bonds is 7. The number of carbonyl (C=O) groups is 1. The zero-order valence-electron chi connectivity index (χ0n) is 15.3. The summed E-state index contributed by atoms with van der Waals surface area (Å²) in [4.78, 5) is 12.3. The first-order valence-electron chi connectivity index (χ1n) is 8.86. The Balaban J connectivity index is 1.57.